The number of hydrogen-bond acceptors (Lipinski definition) is 7. The third-order valence-corrected chi connectivity index (χ3v) is 9.15. The molecule has 0 aliphatic carbocycles. The van der Waals surface area contributed by atoms with Crippen LogP contribution in [0.25, 0.3) is 0 Å². The first kappa shape index (κ1) is 19.8. The molecule has 1 atom stereocenters. The summed E-state index contributed by atoms with van der Waals surface area (Å²) in [4.78, 5) is 12.2. The molecule has 1 aromatic rings. The maximum atomic E-state index is 12.9. The lowest BCUT2D eigenvalue weighted by Gasteiger charge is -2.36. The van der Waals surface area contributed by atoms with Gasteiger partial charge in [-0.3, -0.25) is 4.79 Å². The van der Waals surface area contributed by atoms with Gasteiger partial charge in [-0.25, -0.2) is 21.1 Å². The van der Waals surface area contributed by atoms with E-state index in [0.29, 0.717) is 26.1 Å². The van der Waals surface area contributed by atoms with E-state index in [9.17, 15) is 21.6 Å². The summed E-state index contributed by atoms with van der Waals surface area (Å²) in [6.45, 7) is 3.15. The van der Waals surface area contributed by atoms with Gasteiger partial charge in [-0.15, -0.1) is 0 Å². The maximum Gasteiger partial charge on any atom is 0.244 e. The average Bonchev–Trinajstić information content (AvgIpc) is 3.17. The number of ether oxygens (including phenoxy) is 2. The van der Waals surface area contributed by atoms with Crippen LogP contribution in [-0.2, 0) is 34.3 Å². The lowest BCUT2D eigenvalue weighted by molar-refractivity contribution is -0.179. The molecule has 0 N–H and O–H groups in total. The molecule has 3 fully saturated rings. The molecule has 4 rings (SSSR count). The highest BCUT2D eigenvalue weighted by molar-refractivity contribution is 7.94. The molecule has 0 bridgehead atoms. The summed E-state index contributed by atoms with van der Waals surface area (Å²) < 4.78 is 63.6. The van der Waals surface area contributed by atoms with E-state index in [1.54, 1.807) is 6.92 Å². The predicted octanol–water partition coefficient (Wildman–Crippen LogP) is 0.527. The summed E-state index contributed by atoms with van der Waals surface area (Å²) in [5.41, 5.74) is 0.152. The van der Waals surface area contributed by atoms with Crippen molar-refractivity contribution in [3.8, 4) is 0 Å². The lowest BCUT2D eigenvalue weighted by atomic mass is 10.1. The highest BCUT2D eigenvalue weighted by Gasteiger charge is 2.44. The van der Waals surface area contributed by atoms with Crippen molar-refractivity contribution in [1.82, 2.24) is 4.31 Å². The molecule has 9 nitrogen and oxygen atoms in total. The minimum Gasteiger partial charge on any atom is -0.347 e. The van der Waals surface area contributed by atoms with Crippen LogP contribution in [0.1, 0.15) is 19.8 Å². The number of benzene rings is 1. The quantitative estimate of drug-likeness (QED) is 0.688. The molecule has 3 heterocycles. The summed E-state index contributed by atoms with van der Waals surface area (Å²) in [6, 6.07) is 5.39. The Balaban J connectivity index is 1.53. The standard InChI is InChI=1S/C17H22N2O7S2/c1-13-12-27(21,22)19(16(13)20)14-2-4-15(5-3-14)28(23,24)18-8-6-17(7-9-18)25-10-11-26-17/h2-5,13H,6-12H2,1H3/t13-/m1/s1. The van der Waals surface area contributed by atoms with E-state index >= 15 is 0 Å². The van der Waals surface area contributed by atoms with Crippen molar-refractivity contribution >= 4 is 31.6 Å². The molecule has 3 aliphatic rings. The van der Waals surface area contributed by atoms with Crippen molar-refractivity contribution in [2.24, 2.45) is 5.92 Å². The van der Waals surface area contributed by atoms with Crippen LogP contribution in [-0.4, -0.2) is 64.9 Å². The number of hydrogen-bond donors (Lipinski definition) is 0. The van der Waals surface area contributed by atoms with Crippen LogP contribution < -0.4 is 4.31 Å². The van der Waals surface area contributed by atoms with Crippen LogP contribution in [0.4, 0.5) is 5.69 Å². The zero-order valence-electron chi connectivity index (χ0n) is 15.4. The SMILES string of the molecule is C[C@@H]1CS(=O)(=O)N(c2ccc(S(=O)(=O)N3CCC4(CC3)OCCO4)cc2)C1=O. The zero-order chi connectivity index (χ0) is 20.2. The second kappa shape index (κ2) is 6.77. The first-order valence-corrected chi connectivity index (χ1v) is 12.1. The Morgan fingerprint density at radius 1 is 1.07 bits per heavy atom. The fourth-order valence-electron chi connectivity index (χ4n) is 3.84. The van der Waals surface area contributed by atoms with Crippen LogP contribution in [0, 0.1) is 5.92 Å². The summed E-state index contributed by atoms with van der Waals surface area (Å²) in [5, 5.41) is 0. The molecule has 1 aromatic carbocycles. The second-order valence-electron chi connectivity index (χ2n) is 7.29. The van der Waals surface area contributed by atoms with Crippen LogP contribution in [0.3, 0.4) is 0 Å². The van der Waals surface area contributed by atoms with Gasteiger partial charge in [0.05, 0.1) is 35.5 Å². The smallest absolute Gasteiger partial charge is 0.244 e. The van der Waals surface area contributed by atoms with Gasteiger partial charge in [0.2, 0.25) is 26.0 Å². The van der Waals surface area contributed by atoms with E-state index < -0.39 is 37.7 Å². The van der Waals surface area contributed by atoms with Gasteiger partial charge in [0.1, 0.15) is 0 Å². The zero-order valence-corrected chi connectivity index (χ0v) is 17.0. The molecule has 0 saturated carbocycles. The van der Waals surface area contributed by atoms with E-state index in [4.69, 9.17) is 9.47 Å². The molecule has 11 heteroatoms. The molecule has 28 heavy (non-hydrogen) atoms. The predicted molar refractivity (Wildman–Crippen MR) is 99.5 cm³/mol. The number of sulfonamides is 2. The Hall–Kier alpha value is -1.53. The largest absolute Gasteiger partial charge is 0.347 e. The molecule has 154 valence electrons. The lowest BCUT2D eigenvalue weighted by Crippen LogP contribution is -2.47. The Morgan fingerprint density at radius 3 is 2.14 bits per heavy atom. The summed E-state index contributed by atoms with van der Waals surface area (Å²) in [6.07, 6.45) is 0.922. The van der Waals surface area contributed by atoms with E-state index in [-0.39, 0.29) is 29.4 Å². The number of amides is 1. The highest BCUT2D eigenvalue weighted by atomic mass is 32.2. The van der Waals surface area contributed by atoms with Crippen LogP contribution in [0.5, 0.6) is 0 Å². The number of nitrogens with zero attached hydrogens (tertiary/aromatic N) is 2. The van der Waals surface area contributed by atoms with Gasteiger partial charge >= 0.3 is 0 Å². The normalized spacial score (nSPS) is 27.5. The third kappa shape index (κ3) is 3.24. The molecular weight excluding hydrogens is 408 g/mol. The number of rotatable bonds is 3. The summed E-state index contributed by atoms with van der Waals surface area (Å²) >= 11 is 0. The average molecular weight is 431 g/mol. The molecule has 0 aromatic heterocycles. The Bertz CT molecular complexity index is 973. The van der Waals surface area contributed by atoms with E-state index in [0.717, 1.165) is 4.31 Å². The summed E-state index contributed by atoms with van der Waals surface area (Å²) in [5.74, 6) is -2.04. The molecule has 3 aliphatic heterocycles. The van der Waals surface area contributed by atoms with Gasteiger partial charge < -0.3 is 9.47 Å². The first-order valence-electron chi connectivity index (χ1n) is 9.10. The van der Waals surface area contributed by atoms with Crippen molar-refractivity contribution in [3.63, 3.8) is 0 Å². The van der Waals surface area contributed by atoms with Crippen molar-refractivity contribution in [1.29, 1.82) is 0 Å². The number of piperidine rings is 1. The van der Waals surface area contributed by atoms with E-state index in [2.05, 4.69) is 0 Å². The monoisotopic (exact) mass is 430 g/mol. The van der Waals surface area contributed by atoms with Gasteiger partial charge in [0.15, 0.2) is 5.79 Å². The van der Waals surface area contributed by atoms with Crippen molar-refractivity contribution in [3.05, 3.63) is 24.3 Å². The first-order chi connectivity index (χ1) is 13.1. The van der Waals surface area contributed by atoms with Crippen molar-refractivity contribution < 1.29 is 31.1 Å². The van der Waals surface area contributed by atoms with Gasteiger partial charge in [0.25, 0.3) is 0 Å². The molecule has 1 spiro atoms. The third-order valence-electron chi connectivity index (χ3n) is 5.37. The highest BCUT2D eigenvalue weighted by Crippen LogP contribution is 2.34. The Morgan fingerprint density at radius 2 is 1.64 bits per heavy atom. The fourth-order valence-corrected chi connectivity index (χ4v) is 7.10. The van der Waals surface area contributed by atoms with Gasteiger partial charge in [0, 0.05) is 25.9 Å². The summed E-state index contributed by atoms with van der Waals surface area (Å²) in [7, 11) is -7.46. The molecule has 3 saturated heterocycles. The molecular formula is C17H22N2O7S2. The van der Waals surface area contributed by atoms with Crippen LogP contribution in [0.15, 0.2) is 29.2 Å². The van der Waals surface area contributed by atoms with Gasteiger partial charge in [-0.05, 0) is 24.3 Å². The van der Waals surface area contributed by atoms with Crippen LogP contribution >= 0.6 is 0 Å². The van der Waals surface area contributed by atoms with Gasteiger partial charge in [-0.2, -0.15) is 4.31 Å². The minimum atomic E-state index is -3.73. The van der Waals surface area contributed by atoms with E-state index in [1.807, 2.05) is 0 Å². The maximum absolute atomic E-state index is 12.9. The number of anilines is 1. The number of carbonyl (C=O) groups excluding carboxylic acids is 1. The van der Waals surface area contributed by atoms with E-state index in [1.165, 1.54) is 28.6 Å². The molecule has 0 radical (unpaired) electrons. The second-order valence-corrected chi connectivity index (χ2v) is 11.1. The van der Waals surface area contributed by atoms with Gasteiger partial charge in [-0.1, -0.05) is 6.92 Å². The Labute approximate surface area is 164 Å². The molecule has 1 amide bonds. The van der Waals surface area contributed by atoms with Crippen LogP contribution in [0.2, 0.25) is 0 Å². The van der Waals surface area contributed by atoms with Crippen molar-refractivity contribution in [2.45, 2.75) is 30.4 Å². The number of carbonyl (C=O) groups is 1. The topological polar surface area (TPSA) is 110 Å². The van der Waals surface area contributed by atoms with Crippen molar-refractivity contribution in [2.75, 3.05) is 36.4 Å². The Kier molecular flexibility index (Phi) is 4.78. The minimum absolute atomic E-state index is 0.0533. The molecule has 0 unspecified atom stereocenters. The fraction of sp³-hybridized carbons (Fsp3) is 0.588.